The van der Waals surface area contributed by atoms with Crippen LogP contribution in [0.4, 0.5) is 0 Å². The van der Waals surface area contributed by atoms with Crippen molar-refractivity contribution in [1.29, 1.82) is 0 Å². The van der Waals surface area contributed by atoms with E-state index in [1.54, 1.807) is 0 Å². The summed E-state index contributed by atoms with van der Waals surface area (Å²) in [5.41, 5.74) is 3.98. The molecule has 0 aliphatic heterocycles. The van der Waals surface area contributed by atoms with Gasteiger partial charge in [-0.3, -0.25) is 0 Å². The highest BCUT2D eigenvalue weighted by molar-refractivity contribution is 9.10. The molecule has 0 spiro atoms. The Labute approximate surface area is 132 Å². The molecule has 0 amide bonds. The van der Waals surface area contributed by atoms with Crippen molar-refractivity contribution in [3.8, 4) is 0 Å². The van der Waals surface area contributed by atoms with Crippen molar-refractivity contribution in [2.75, 3.05) is 0 Å². The van der Waals surface area contributed by atoms with Crippen LogP contribution in [0.1, 0.15) is 12.5 Å². The lowest BCUT2D eigenvalue weighted by Crippen LogP contribution is -1.89. The highest BCUT2D eigenvalue weighted by Crippen LogP contribution is 2.37. The highest BCUT2D eigenvalue weighted by atomic mass is 79.9. The van der Waals surface area contributed by atoms with E-state index in [-0.39, 0.29) is 0 Å². The highest BCUT2D eigenvalue weighted by Gasteiger charge is 2.13. The number of hydrogen-bond acceptors (Lipinski definition) is 0. The summed E-state index contributed by atoms with van der Waals surface area (Å²) in [7, 11) is 2.16. The normalized spacial score (nSPS) is 11.8. The van der Waals surface area contributed by atoms with E-state index in [9.17, 15) is 0 Å². The Balaban J connectivity index is 2.29. The van der Waals surface area contributed by atoms with Gasteiger partial charge in [0.15, 0.2) is 0 Å². The molecule has 0 aliphatic carbocycles. The number of aromatic nitrogens is 1. The number of fused-ring (bicyclic) bond motifs is 5. The fourth-order valence-corrected chi connectivity index (χ4v) is 3.87. The first kappa shape index (κ1) is 12.9. The van der Waals surface area contributed by atoms with Gasteiger partial charge in [-0.1, -0.05) is 53.2 Å². The van der Waals surface area contributed by atoms with Crippen molar-refractivity contribution < 1.29 is 0 Å². The van der Waals surface area contributed by atoms with E-state index in [1.165, 1.54) is 42.6 Å². The molecule has 0 radical (unpaired) electrons. The van der Waals surface area contributed by atoms with Crippen LogP contribution < -0.4 is 0 Å². The van der Waals surface area contributed by atoms with Crippen LogP contribution in [0.5, 0.6) is 0 Å². The number of rotatable bonds is 1. The maximum atomic E-state index is 3.77. The van der Waals surface area contributed by atoms with E-state index >= 15 is 0 Å². The molecule has 104 valence electrons. The molecule has 0 fully saturated rings. The second-order valence-corrected chi connectivity index (χ2v) is 6.42. The number of nitrogens with zero attached hydrogens (tertiary/aromatic N) is 1. The molecule has 0 atom stereocenters. The zero-order valence-corrected chi connectivity index (χ0v) is 13.7. The molecule has 4 rings (SSSR count). The Kier molecular flexibility index (Phi) is 2.83. The zero-order valence-electron chi connectivity index (χ0n) is 12.2. The minimum atomic E-state index is 1.07. The van der Waals surface area contributed by atoms with E-state index in [0.717, 1.165) is 6.42 Å². The number of benzene rings is 3. The molecule has 3 aromatic carbocycles. The van der Waals surface area contributed by atoms with E-state index in [4.69, 9.17) is 0 Å². The maximum absolute atomic E-state index is 3.77. The van der Waals surface area contributed by atoms with Gasteiger partial charge in [0.25, 0.3) is 0 Å². The Morgan fingerprint density at radius 3 is 2.52 bits per heavy atom. The van der Waals surface area contributed by atoms with Gasteiger partial charge in [0, 0.05) is 33.2 Å². The van der Waals surface area contributed by atoms with Crippen LogP contribution in [-0.2, 0) is 13.5 Å². The molecule has 0 bridgehead atoms. The lowest BCUT2D eigenvalue weighted by Gasteiger charge is -2.07. The van der Waals surface area contributed by atoms with Gasteiger partial charge >= 0.3 is 0 Å². The third-order valence-corrected chi connectivity index (χ3v) is 5.08. The van der Waals surface area contributed by atoms with Gasteiger partial charge in [-0.2, -0.15) is 0 Å². The van der Waals surface area contributed by atoms with E-state index in [2.05, 4.69) is 83.0 Å². The van der Waals surface area contributed by atoms with Crippen molar-refractivity contribution in [2.45, 2.75) is 13.3 Å². The molecule has 0 saturated heterocycles. The summed E-state index contributed by atoms with van der Waals surface area (Å²) in [6.07, 6.45) is 1.07. The topological polar surface area (TPSA) is 4.93 Å². The molecular weight excluding hydrogens is 322 g/mol. The van der Waals surface area contributed by atoms with Crippen molar-refractivity contribution in [3.63, 3.8) is 0 Å². The van der Waals surface area contributed by atoms with Crippen LogP contribution in [0.2, 0.25) is 0 Å². The fraction of sp³-hybridized carbons (Fsp3) is 0.158. The van der Waals surface area contributed by atoms with Crippen LogP contribution in [-0.4, -0.2) is 4.57 Å². The second-order valence-electron chi connectivity index (χ2n) is 5.56. The van der Waals surface area contributed by atoms with Crippen molar-refractivity contribution in [1.82, 2.24) is 4.57 Å². The Bertz CT molecular complexity index is 995. The molecule has 2 heteroatoms. The van der Waals surface area contributed by atoms with Gasteiger partial charge < -0.3 is 4.57 Å². The van der Waals surface area contributed by atoms with E-state index < -0.39 is 0 Å². The van der Waals surface area contributed by atoms with Crippen molar-refractivity contribution >= 4 is 48.5 Å². The van der Waals surface area contributed by atoms with Crippen LogP contribution in [0.3, 0.4) is 0 Å². The molecule has 0 saturated carbocycles. The molecule has 0 aliphatic rings. The van der Waals surface area contributed by atoms with Gasteiger partial charge in [-0.25, -0.2) is 0 Å². The van der Waals surface area contributed by atoms with Gasteiger partial charge in [0.05, 0.1) is 5.52 Å². The van der Waals surface area contributed by atoms with Gasteiger partial charge in [0.1, 0.15) is 0 Å². The molecule has 0 N–H and O–H groups in total. The summed E-state index contributed by atoms with van der Waals surface area (Å²) in [6.45, 7) is 2.20. The summed E-state index contributed by atoms with van der Waals surface area (Å²) in [6, 6.07) is 17.7. The number of aryl methyl sites for hydroxylation is 2. The van der Waals surface area contributed by atoms with E-state index in [1.807, 2.05) is 0 Å². The number of hydrogen-bond donors (Lipinski definition) is 0. The molecule has 0 unspecified atom stereocenters. The molecular formula is C19H16BrN. The molecule has 1 nitrogen and oxygen atoms in total. The average Bonchev–Trinajstić information content (AvgIpc) is 2.81. The van der Waals surface area contributed by atoms with Crippen LogP contribution in [0, 0.1) is 0 Å². The lowest BCUT2D eigenvalue weighted by molar-refractivity contribution is 1.02. The first-order chi connectivity index (χ1) is 10.2. The van der Waals surface area contributed by atoms with Crippen LogP contribution in [0.15, 0.2) is 53.0 Å². The molecule has 21 heavy (non-hydrogen) atoms. The maximum Gasteiger partial charge on any atom is 0.0569 e. The molecule has 1 aromatic heterocycles. The Morgan fingerprint density at radius 1 is 0.905 bits per heavy atom. The molecule has 4 aromatic rings. The lowest BCUT2D eigenvalue weighted by atomic mass is 10.0. The minimum absolute atomic E-state index is 1.07. The Hall–Kier alpha value is -1.80. The van der Waals surface area contributed by atoms with E-state index in [0.29, 0.717) is 0 Å². The van der Waals surface area contributed by atoms with Crippen molar-refractivity contribution in [2.24, 2.45) is 7.05 Å². The fourth-order valence-electron chi connectivity index (χ4n) is 3.31. The zero-order chi connectivity index (χ0) is 14.6. The summed E-state index contributed by atoms with van der Waals surface area (Å²) in [5, 5.41) is 5.25. The van der Waals surface area contributed by atoms with Gasteiger partial charge in [-0.15, -0.1) is 0 Å². The van der Waals surface area contributed by atoms with Gasteiger partial charge in [0.2, 0.25) is 0 Å². The smallest absolute Gasteiger partial charge is 0.0569 e. The largest absolute Gasteiger partial charge is 0.343 e. The Morgan fingerprint density at radius 2 is 1.71 bits per heavy atom. The third kappa shape index (κ3) is 1.75. The summed E-state index contributed by atoms with van der Waals surface area (Å²) < 4.78 is 3.49. The number of halogens is 1. The van der Waals surface area contributed by atoms with Crippen LogP contribution >= 0.6 is 15.9 Å². The summed E-state index contributed by atoms with van der Waals surface area (Å²) in [4.78, 5) is 0. The predicted octanol–water partition coefficient (Wildman–Crippen LogP) is 5.81. The first-order valence-corrected chi connectivity index (χ1v) is 8.08. The standard InChI is InChI=1S/C19H16BrN/c1-3-12-8-9-14-15(10-12)17(20)11-16-13-6-4-5-7-18(13)21(2)19(14)16/h4-11H,3H2,1-2H3. The summed E-state index contributed by atoms with van der Waals surface area (Å²) in [5.74, 6) is 0. The predicted molar refractivity (Wildman–Crippen MR) is 95.0 cm³/mol. The minimum Gasteiger partial charge on any atom is -0.343 e. The number of para-hydroxylation sites is 1. The first-order valence-electron chi connectivity index (χ1n) is 7.29. The monoisotopic (exact) mass is 337 g/mol. The van der Waals surface area contributed by atoms with Crippen LogP contribution in [0.25, 0.3) is 32.6 Å². The van der Waals surface area contributed by atoms with Crippen molar-refractivity contribution in [3.05, 3.63) is 58.6 Å². The van der Waals surface area contributed by atoms with Gasteiger partial charge in [-0.05, 0) is 35.6 Å². The SMILES string of the molecule is CCc1ccc2c(c1)c(Br)cc1c3ccccc3n(C)c21. The third-order valence-electron chi connectivity index (χ3n) is 4.42. The quantitative estimate of drug-likeness (QED) is 0.413. The second kappa shape index (κ2) is 4.60. The molecule has 1 heterocycles. The average molecular weight is 338 g/mol. The summed E-state index contributed by atoms with van der Waals surface area (Å²) >= 11 is 3.77.